The molecule has 2 heteroatoms. The van der Waals surface area contributed by atoms with Gasteiger partial charge in [0.1, 0.15) is 0 Å². The number of rotatable bonds is 3. The van der Waals surface area contributed by atoms with Crippen molar-refractivity contribution in [1.29, 1.82) is 5.26 Å². The molecule has 0 spiro atoms. The van der Waals surface area contributed by atoms with E-state index in [1.54, 1.807) is 0 Å². The maximum atomic E-state index is 9.24. The smallest absolute Gasteiger partial charge is 0.0672 e. The van der Waals surface area contributed by atoms with E-state index in [-0.39, 0.29) is 5.92 Å². The van der Waals surface area contributed by atoms with Gasteiger partial charge in [0.25, 0.3) is 0 Å². The second-order valence-electron chi connectivity index (χ2n) is 5.49. The number of hydrogen-bond acceptors (Lipinski definition) is 2. The van der Waals surface area contributed by atoms with Crippen LogP contribution < -0.4 is 0 Å². The van der Waals surface area contributed by atoms with Gasteiger partial charge in [-0.05, 0) is 32.4 Å². The minimum atomic E-state index is 0.216. The fourth-order valence-electron chi connectivity index (χ4n) is 3.01. The van der Waals surface area contributed by atoms with E-state index in [1.807, 2.05) is 0 Å². The summed E-state index contributed by atoms with van der Waals surface area (Å²) in [5, 5.41) is 9.24. The monoisotopic (exact) mass is 242 g/mol. The normalized spacial score (nSPS) is 23.9. The van der Waals surface area contributed by atoms with Crippen LogP contribution in [0.15, 0.2) is 24.3 Å². The zero-order valence-electron chi connectivity index (χ0n) is 11.4. The van der Waals surface area contributed by atoms with E-state index in [1.165, 1.54) is 30.4 Å². The van der Waals surface area contributed by atoms with Gasteiger partial charge in [0, 0.05) is 12.6 Å². The predicted octanol–water partition coefficient (Wildman–Crippen LogP) is 3.51. The Labute approximate surface area is 110 Å². The van der Waals surface area contributed by atoms with E-state index in [0.29, 0.717) is 6.04 Å². The van der Waals surface area contributed by atoms with Crippen LogP contribution in [0.5, 0.6) is 0 Å². The van der Waals surface area contributed by atoms with Gasteiger partial charge in [-0.3, -0.25) is 4.90 Å². The van der Waals surface area contributed by atoms with Gasteiger partial charge in [-0.25, -0.2) is 0 Å². The van der Waals surface area contributed by atoms with E-state index in [4.69, 9.17) is 0 Å². The fourth-order valence-corrected chi connectivity index (χ4v) is 3.01. The first-order valence-corrected chi connectivity index (χ1v) is 6.86. The van der Waals surface area contributed by atoms with Crippen LogP contribution in [0.1, 0.15) is 36.8 Å². The average Bonchev–Trinajstić information content (AvgIpc) is 2.38. The van der Waals surface area contributed by atoms with Crippen LogP contribution in [0.4, 0.5) is 0 Å². The zero-order valence-corrected chi connectivity index (χ0v) is 11.4. The molecule has 0 N–H and O–H groups in total. The zero-order chi connectivity index (χ0) is 13.0. The fraction of sp³-hybridized carbons (Fsp3) is 0.562. The minimum Gasteiger partial charge on any atom is -0.298 e. The lowest BCUT2D eigenvalue weighted by Gasteiger charge is -2.34. The summed E-state index contributed by atoms with van der Waals surface area (Å²) in [5.41, 5.74) is 2.65. The van der Waals surface area contributed by atoms with Gasteiger partial charge in [-0.15, -0.1) is 0 Å². The highest BCUT2D eigenvalue weighted by Gasteiger charge is 2.27. The van der Waals surface area contributed by atoms with E-state index >= 15 is 0 Å². The SMILES string of the molecule is Cc1cccc(CN(C)C2CCCCC2C#N)c1. The Morgan fingerprint density at radius 1 is 1.33 bits per heavy atom. The Hall–Kier alpha value is -1.33. The molecule has 18 heavy (non-hydrogen) atoms. The van der Waals surface area contributed by atoms with Crippen molar-refractivity contribution in [2.24, 2.45) is 5.92 Å². The molecule has 2 atom stereocenters. The van der Waals surface area contributed by atoms with Crippen molar-refractivity contribution in [2.75, 3.05) is 7.05 Å². The first kappa shape index (κ1) is 13.1. The summed E-state index contributed by atoms with van der Waals surface area (Å²) >= 11 is 0. The molecule has 0 aromatic heterocycles. The molecule has 1 aliphatic carbocycles. The standard InChI is InChI=1S/C16H22N2/c1-13-6-5-7-14(10-13)12-18(2)16-9-4-3-8-15(16)11-17/h5-7,10,15-16H,3-4,8-9,12H2,1-2H3. The van der Waals surface area contributed by atoms with Crippen molar-refractivity contribution in [3.63, 3.8) is 0 Å². The first-order chi connectivity index (χ1) is 8.70. The Morgan fingerprint density at radius 2 is 2.11 bits per heavy atom. The summed E-state index contributed by atoms with van der Waals surface area (Å²) in [4.78, 5) is 2.36. The van der Waals surface area contributed by atoms with Crippen LogP contribution in [0, 0.1) is 24.2 Å². The Bertz CT molecular complexity index is 433. The van der Waals surface area contributed by atoms with E-state index in [9.17, 15) is 5.26 Å². The lowest BCUT2D eigenvalue weighted by Crippen LogP contribution is -2.39. The van der Waals surface area contributed by atoms with Crippen molar-refractivity contribution in [3.05, 3.63) is 35.4 Å². The first-order valence-electron chi connectivity index (χ1n) is 6.86. The lowest BCUT2D eigenvalue weighted by molar-refractivity contribution is 0.150. The summed E-state index contributed by atoms with van der Waals surface area (Å²) in [6, 6.07) is 11.6. The molecule has 1 fully saturated rings. The second kappa shape index (κ2) is 6.02. The molecule has 0 aliphatic heterocycles. The van der Waals surface area contributed by atoms with Gasteiger partial charge in [0.2, 0.25) is 0 Å². The molecular weight excluding hydrogens is 220 g/mol. The van der Waals surface area contributed by atoms with Gasteiger partial charge in [-0.2, -0.15) is 5.26 Å². The van der Waals surface area contributed by atoms with Crippen molar-refractivity contribution in [3.8, 4) is 6.07 Å². The number of aryl methyl sites for hydroxylation is 1. The maximum Gasteiger partial charge on any atom is 0.0672 e. The third-order valence-electron chi connectivity index (χ3n) is 3.98. The molecule has 2 unspecified atom stereocenters. The Kier molecular flexibility index (Phi) is 4.38. The minimum absolute atomic E-state index is 0.216. The van der Waals surface area contributed by atoms with E-state index < -0.39 is 0 Å². The number of nitrogens with zero attached hydrogens (tertiary/aromatic N) is 2. The van der Waals surface area contributed by atoms with Crippen molar-refractivity contribution in [2.45, 2.75) is 45.2 Å². The van der Waals surface area contributed by atoms with Crippen LogP contribution in [0.3, 0.4) is 0 Å². The van der Waals surface area contributed by atoms with Crippen LogP contribution in [0.25, 0.3) is 0 Å². The molecule has 2 nitrogen and oxygen atoms in total. The van der Waals surface area contributed by atoms with Gasteiger partial charge in [0.05, 0.1) is 12.0 Å². The van der Waals surface area contributed by atoms with Crippen LogP contribution in [-0.2, 0) is 6.54 Å². The summed E-state index contributed by atoms with van der Waals surface area (Å²) in [6.07, 6.45) is 4.72. The molecular formula is C16H22N2. The molecule has 0 saturated heterocycles. The highest BCUT2D eigenvalue weighted by atomic mass is 15.1. The molecule has 0 heterocycles. The van der Waals surface area contributed by atoms with Gasteiger partial charge < -0.3 is 0 Å². The van der Waals surface area contributed by atoms with E-state index in [0.717, 1.165) is 13.0 Å². The van der Waals surface area contributed by atoms with Crippen molar-refractivity contribution >= 4 is 0 Å². The summed E-state index contributed by atoms with van der Waals surface area (Å²) in [7, 11) is 2.16. The van der Waals surface area contributed by atoms with Crippen molar-refractivity contribution < 1.29 is 0 Å². The molecule has 0 radical (unpaired) electrons. The molecule has 1 saturated carbocycles. The van der Waals surface area contributed by atoms with Crippen LogP contribution >= 0.6 is 0 Å². The summed E-state index contributed by atoms with van der Waals surface area (Å²) < 4.78 is 0. The molecule has 0 amide bonds. The third-order valence-corrected chi connectivity index (χ3v) is 3.98. The molecule has 1 aromatic carbocycles. The molecule has 96 valence electrons. The number of nitriles is 1. The summed E-state index contributed by atoms with van der Waals surface area (Å²) in [5.74, 6) is 0.216. The molecule has 1 aromatic rings. The maximum absolute atomic E-state index is 9.24. The van der Waals surface area contributed by atoms with Gasteiger partial charge >= 0.3 is 0 Å². The number of hydrogen-bond donors (Lipinski definition) is 0. The van der Waals surface area contributed by atoms with Crippen LogP contribution in [0.2, 0.25) is 0 Å². The topological polar surface area (TPSA) is 27.0 Å². The van der Waals surface area contributed by atoms with E-state index in [2.05, 4.69) is 49.2 Å². The third kappa shape index (κ3) is 3.11. The Morgan fingerprint density at radius 3 is 2.83 bits per heavy atom. The molecule has 0 bridgehead atoms. The summed E-state index contributed by atoms with van der Waals surface area (Å²) in [6.45, 7) is 3.08. The molecule has 2 rings (SSSR count). The average molecular weight is 242 g/mol. The second-order valence-corrected chi connectivity index (χ2v) is 5.49. The van der Waals surface area contributed by atoms with Crippen molar-refractivity contribution in [1.82, 2.24) is 4.90 Å². The number of benzene rings is 1. The Balaban J connectivity index is 2.02. The van der Waals surface area contributed by atoms with Gasteiger partial charge in [0.15, 0.2) is 0 Å². The highest BCUT2D eigenvalue weighted by Crippen LogP contribution is 2.28. The lowest BCUT2D eigenvalue weighted by atomic mass is 9.84. The van der Waals surface area contributed by atoms with Crippen LogP contribution in [-0.4, -0.2) is 18.0 Å². The van der Waals surface area contributed by atoms with Gasteiger partial charge in [-0.1, -0.05) is 42.7 Å². The quantitative estimate of drug-likeness (QED) is 0.811. The highest BCUT2D eigenvalue weighted by molar-refractivity contribution is 5.22. The molecule has 1 aliphatic rings. The largest absolute Gasteiger partial charge is 0.298 e. The predicted molar refractivity (Wildman–Crippen MR) is 74.0 cm³/mol.